The van der Waals surface area contributed by atoms with Crippen LogP contribution in [0, 0.1) is 33.1 Å². The van der Waals surface area contributed by atoms with E-state index in [4.69, 9.17) is 0 Å². The van der Waals surface area contributed by atoms with Gasteiger partial charge in [0.05, 0.1) is 0 Å². The van der Waals surface area contributed by atoms with E-state index in [2.05, 4.69) is 128 Å². The van der Waals surface area contributed by atoms with Crippen molar-refractivity contribution < 1.29 is 0 Å². The molecule has 0 amide bonds. The van der Waals surface area contributed by atoms with Crippen LogP contribution in [0.25, 0.3) is 22.3 Å². The summed E-state index contributed by atoms with van der Waals surface area (Å²) >= 11 is 0. The van der Waals surface area contributed by atoms with E-state index < -0.39 is 0 Å². The summed E-state index contributed by atoms with van der Waals surface area (Å²) in [5.74, 6) is 0. The van der Waals surface area contributed by atoms with Gasteiger partial charge in [-0.2, -0.15) is 0 Å². The molecule has 0 aliphatic heterocycles. The summed E-state index contributed by atoms with van der Waals surface area (Å²) in [6.45, 7) is 18.3. The highest BCUT2D eigenvalue weighted by Crippen LogP contribution is 2.42. The van der Waals surface area contributed by atoms with Gasteiger partial charge in [-0.25, -0.2) is 0 Å². The van der Waals surface area contributed by atoms with E-state index in [0.717, 1.165) is 25.7 Å². The van der Waals surface area contributed by atoms with Crippen LogP contribution in [-0.2, 0) is 25.7 Å². The maximum atomic E-state index is 2.50. The summed E-state index contributed by atoms with van der Waals surface area (Å²) < 4.78 is 0. The molecule has 8 bridgehead atoms. The molecule has 0 heteroatoms. The van der Waals surface area contributed by atoms with Crippen LogP contribution < -0.4 is 0 Å². The maximum Gasteiger partial charge on any atom is -0.0136 e. The molecule has 0 aromatic heterocycles. The molecule has 1 spiro atoms. The Kier molecular flexibility index (Phi) is 6.93. The molecule has 208 valence electrons. The first-order chi connectivity index (χ1) is 19.5. The fraction of sp³-hybridized carbons (Fsp3) is 0.317. The summed E-state index contributed by atoms with van der Waals surface area (Å²) in [6.07, 6.45) is 4.20. The Hall–Kier alpha value is -3.64. The average molecular weight is 537 g/mol. The Morgan fingerprint density at radius 1 is 0.341 bits per heavy atom. The van der Waals surface area contributed by atoms with Gasteiger partial charge in [0.25, 0.3) is 0 Å². The van der Waals surface area contributed by atoms with Crippen molar-refractivity contribution in [3.05, 3.63) is 140 Å². The minimum atomic E-state index is 0.0381. The second-order valence-electron chi connectivity index (χ2n) is 13.3. The zero-order valence-electron chi connectivity index (χ0n) is 26.3. The summed E-state index contributed by atoms with van der Waals surface area (Å²) in [5.41, 5.74) is 22.4. The van der Waals surface area contributed by atoms with E-state index in [-0.39, 0.29) is 5.41 Å². The number of benzene rings is 4. The van der Waals surface area contributed by atoms with Crippen LogP contribution in [0.1, 0.15) is 94.5 Å². The van der Waals surface area contributed by atoms with Crippen LogP contribution in [0.5, 0.6) is 0 Å². The Balaban J connectivity index is 1.63. The zero-order valence-corrected chi connectivity index (χ0v) is 26.3. The molecule has 0 heterocycles. The van der Waals surface area contributed by atoms with Gasteiger partial charge in [-0.1, -0.05) is 72.8 Å². The lowest BCUT2D eigenvalue weighted by Crippen LogP contribution is -2.32. The third-order valence-electron chi connectivity index (χ3n) is 10.3. The molecule has 2 aliphatic rings. The Bertz CT molecular complexity index is 1490. The predicted octanol–water partition coefficient (Wildman–Crippen LogP) is 10.7. The number of allylic oxidation sites excluding steroid dienone is 4. The number of fused-ring (bicyclic) bond motifs is 8. The van der Waals surface area contributed by atoms with E-state index in [1.807, 2.05) is 0 Å². The molecule has 0 fully saturated rings. The highest BCUT2D eigenvalue weighted by molar-refractivity contribution is 5.92. The lowest BCUT2D eigenvalue weighted by molar-refractivity contribution is 0.275. The summed E-state index contributed by atoms with van der Waals surface area (Å²) in [7, 11) is 0. The molecular formula is C41H44. The van der Waals surface area contributed by atoms with Crippen molar-refractivity contribution in [3.8, 4) is 0 Å². The lowest BCUT2D eigenvalue weighted by atomic mass is 9.68. The van der Waals surface area contributed by atoms with Crippen molar-refractivity contribution >= 4 is 22.3 Å². The fourth-order valence-corrected chi connectivity index (χ4v) is 7.65. The monoisotopic (exact) mass is 536 g/mol. The average Bonchev–Trinajstić information content (AvgIpc) is 2.96. The van der Waals surface area contributed by atoms with Crippen LogP contribution in [0.2, 0.25) is 0 Å². The molecule has 0 atom stereocenters. The first kappa shape index (κ1) is 27.5. The third kappa shape index (κ3) is 5.03. The number of rotatable bonds is 0. The van der Waals surface area contributed by atoms with E-state index in [1.165, 1.54) is 89.1 Å². The quantitative estimate of drug-likeness (QED) is 0.210. The number of aryl methyl sites for hydroxylation is 4. The van der Waals surface area contributed by atoms with E-state index in [0.29, 0.717) is 0 Å². The topological polar surface area (TPSA) is 0 Å². The molecule has 0 N–H and O–H groups in total. The van der Waals surface area contributed by atoms with Crippen LogP contribution in [-0.4, -0.2) is 0 Å². The van der Waals surface area contributed by atoms with Gasteiger partial charge < -0.3 is 0 Å². The van der Waals surface area contributed by atoms with E-state index in [1.54, 1.807) is 0 Å². The molecule has 4 aromatic rings. The summed E-state index contributed by atoms with van der Waals surface area (Å²) in [5, 5.41) is 0. The van der Waals surface area contributed by atoms with Gasteiger partial charge in [0.2, 0.25) is 0 Å². The van der Waals surface area contributed by atoms with Gasteiger partial charge in [-0.15, -0.1) is 0 Å². The highest BCUT2D eigenvalue weighted by atomic mass is 14.4. The van der Waals surface area contributed by atoms with Crippen molar-refractivity contribution in [2.75, 3.05) is 0 Å². The minimum Gasteiger partial charge on any atom is -0.0587 e. The van der Waals surface area contributed by atoms with Crippen molar-refractivity contribution in [2.24, 2.45) is 5.41 Å². The van der Waals surface area contributed by atoms with E-state index >= 15 is 0 Å². The highest BCUT2D eigenvalue weighted by Gasteiger charge is 2.33. The van der Waals surface area contributed by atoms with Gasteiger partial charge >= 0.3 is 0 Å². The number of hydrogen-bond acceptors (Lipinski definition) is 0. The Morgan fingerprint density at radius 2 is 0.561 bits per heavy atom. The normalized spacial score (nSPS) is 18.1. The van der Waals surface area contributed by atoms with Crippen LogP contribution >= 0.6 is 0 Å². The molecule has 4 aromatic carbocycles. The zero-order chi connectivity index (χ0) is 29.1. The van der Waals surface area contributed by atoms with Crippen molar-refractivity contribution in [3.63, 3.8) is 0 Å². The van der Waals surface area contributed by atoms with Crippen molar-refractivity contribution in [1.82, 2.24) is 0 Å². The summed E-state index contributed by atoms with van der Waals surface area (Å²) in [6, 6.07) is 29.0. The smallest absolute Gasteiger partial charge is 0.0136 e. The molecule has 0 saturated heterocycles. The van der Waals surface area contributed by atoms with Crippen LogP contribution in [0.3, 0.4) is 0 Å². The lowest BCUT2D eigenvalue weighted by Gasteiger charge is -2.36. The molecule has 2 aliphatic carbocycles. The van der Waals surface area contributed by atoms with Crippen molar-refractivity contribution in [2.45, 2.75) is 81.1 Å². The number of hydrogen-bond donors (Lipinski definition) is 0. The SMILES string of the molecule is CC1=C(C)c2cc(ccc2C)CC2(Cc3ccc(C)c1c3)Cc1ccc(C)c(c1)/C(C)=C(/C)c1cc(ccc1C)C2. The van der Waals surface area contributed by atoms with Crippen molar-refractivity contribution in [1.29, 1.82) is 0 Å². The first-order valence-corrected chi connectivity index (χ1v) is 15.3. The molecule has 0 saturated carbocycles. The minimum absolute atomic E-state index is 0.0381. The van der Waals surface area contributed by atoms with Crippen LogP contribution in [0.15, 0.2) is 72.8 Å². The maximum absolute atomic E-state index is 2.50. The van der Waals surface area contributed by atoms with Gasteiger partial charge in [0.1, 0.15) is 0 Å². The summed E-state index contributed by atoms with van der Waals surface area (Å²) in [4.78, 5) is 0. The second kappa shape index (κ2) is 10.3. The second-order valence-corrected chi connectivity index (χ2v) is 13.3. The Labute approximate surface area is 247 Å². The molecule has 0 unspecified atom stereocenters. The molecule has 0 radical (unpaired) electrons. The molecule has 0 nitrogen and oxygen atoms in total. The van der Waals surface area contributed by atoms with Gasteiger partial charge in [0, 0.05) is 0 Å². The molecule has 41 heavy (non-hydrogen) atoms. The Morgan fingerprint density at radius 3 is 0.780 bits per heavy atom. The van der Waals surface area contributed by atoms with Crippen LogP contribution in [0.4, 0.5) is 0 Å². The first-order valence-electron chi connectivity index (χ1n) is 15.3. The molecular weight excluding hydrogens is 492 g/mol. The van der Waals surface area contributed by atoms with Gasteiger partial charge in [-0.3, -0.25) is 0 Å². The predicted molar refractivity (Wildman–Crippen MR) is 178 cm³/mol. The fourth-order valence-electron chi connectivity index (χ4n) is 7.65. The largest absolute Gasteiger partial charge is 0.0587 e. The van der Waals surface area contributed by atoms with E-state index in [9.17, 15) is 0 Å². The van der Waals surface area contributed by atoms with Gasteiger partial charge in [0.15, 0.2) is 0 Å². The standard InChI is InChI=1S/C41H44/c1-25-9-13-33-17-37(25)29(5)30(6)38-18-34(14-10-26(38)2)22-41(21-33)23-35-15-11-27(3)39(19-35)31(7)32(8)40-20-36(24-41)16-12-28(40)4/h9-20H,21-24H2,1-8H3/b30-29-,32-31?. The van der Waals surface area contributed by atoms with Gasteiger partial charge in [-0.05, 0) is 176 Å². The third-order valence-corrected chi connectivity index (χ3v) is 10.3. The molecule has 6 rings (SSSR count).